The number of nitrogens with zero attached hydrogens (tertiary/aromatic N) is 1. The van der Waals surface area contributed by atoms with Crippen molar-refractivity contribution < 1.29 is 14.0 Å². The summed E-state index contributed by atoms with van der Waals surface area (Å²) in [7, 11) is 0. The summed E-state index contributed by atoms with van der Waals surface area (Å²) in [5.74, 6) is 1.81. The highest BCUT2D eigenvalue weighted by atomic mass is 32.2. The molecule has 3 amide bonds. The van der Waals surface area contributed by atoms with Gasteiger partial charge in [-0.3, -0.25) is 4.79 Å². The van der Waals surface area contributed by atoms with Crippen LogP contribution >= 0.6 is 11.8 Å². The number of hydrogen-bond acceptors (Lipinski definition) is 4. The van der Waals surface area contributed by atoms with Crippen LogP contribution < -0.4 is 10.6 Å². The van der Waals surface area contributed by atoms with Crippen LogP contribution in [0.4, 0.5) is 10.5 Å². The predicted molar refractivity (Wildman–Crippen MR) is 102 cm³/mol. The zero-order valence-electron chi connectivity index (χ0n) is 14.7. The van der Waals surface area contributed by atoms with Gasteiger partial charge in [0.05, 0.1) is 18.1 Å². The summed E-state index contributed by atoms with van der Waals surface area (Å²) in [4.78, 5) is 26.9. The summed E-state index contributed by atoms with van der Waals surface area (Å²) < 4.78 is 5.31. The van der Waals surface area contributed by atoms with Gasteiger partial charge in [0.15, 0.2) is 0 Å². The van der Waals surface area contributed by atoms with Crippen molar-refractivity contribution in [2.75, 3.05) is 18.4 Å². The Morgan fingerprint density at radius 2 is 2.12 bits per heavy atom. The van der Waals surface area contributed by atoms with Gasteiger partial charge >= 0.3 is 6.03 Å². The van der Waals surface area contributed by atoms with E-state index >= 15 is 0 Å². The van der Waals surface area contributed by atoms with Gasteiger partial charge < -0.3 is 20.0 Å². The van der Waals surface area contributed by atoms with E-state index in [1.54, 1.807) is 22.9 Å². The molecule has 3 rings (SSSR count). The second kappa shape index (κ2) is 8.80. The molecule has 1 atom stereocenters. The number of furan rings is 1. The van der Waals surface area contributed by atoms with Crippen LogP contribution in [0.3, 0.4) is 0 Å². The number of hydrogen-bond donors (Lipinski definition) is 2. The van der Waals surface area contributed by atoms with Gasteiger partial charge in [0, 0.05) is 30.1 Å². The predicted octanol–water partition coefficient (Wildman–Crippen LogP) is 3.70. The van der Waals surface area contributed by atoms with Crippen LogP contribution in [0.25, 0.3) is 0 Å². The number of anilines is 1. The van der Waals surface area contributed by atoms with Crippen molar-refractivity contribution in [2.24, 2.45) is 0 Å². The van der Waals surface area contributed by atoms with Crippen molar-refractivity contribution in [1.82, 2.24) is 10.2 Å². The van der Waals surface area contributed by atoms with Gasteiger partial charge in [0.1, 0.15) is 5.76 Å². The van der Waals surface area contributed by atoms with Gasteiger partial charge in [-0.15, -0.1) is 11.8 Å². The molecule has 0 aliphatic carbocycles. The van der Waals surface area contributed by atoms with E-state index in [2.05, 4.69) is 10.6 Å². The molecule has 0 radical (unpaired) electrons. The first-order valence-electron chi connectivity index (χ1n) is 8.74. The van der Waals surface area contributed by atoms with Gasteiger partial charge in [-0.2, -0.15) is 0 Å². The van der Waals surface area contributed by atoms with E-state index in [1.807, 2.05) is 43.3 Å². The van der Waals surface area contributed by atoms with Crippen molar-refractivity contribution in [3.8, 4) is 0 Å². The molecule has 1 aliphatic heterocycles. The molecule has 138 valence electrons. The number of nitrogens with one attached hydrogen (secondary N) is 2. The fraction of sp³-hybridized carbons (Fsp3) is 0.368. The van der Waals surface area contributed by atoms with Crippen LogP contribution in [0.5, 0.6) is 0 Å². The molecule has 2 aromatic rings. The molecule has 1 aromatic heterocycles. The van der Waals surface area contributed by atoms with E-state index in [-0.39, 0.29) is 18.0 Å². The molecule has 1 fully saturated rings. The average Bonchev–Trinajstić information content (AvgIpc) is 3.25. The molecule has 0 spiro atoms. The lowest BCUT2D eigenvalue weighted by atomic mass is 10.2. The lowest BCUT2D eigenvalue weighted by molar-refractivity contribution is -0.127. The molecule has 0 saturated carbocycles. The smallest absolute Gasteiger partial charge is 0.319 e. The summed E-state index contributed by atoms with van der Waals surface area (Å²) in [6, 6.07) is 11.1. The third-order valence-corrected chi connectivity index (χ3v) is 5.15. The molecular formula is C19H23N3O3S. The minimum Gasteiger partial charge on any atom is -0.468 e. The average molecular weight is 373 g/mol. The molecule has 2 heterocycles. The maximum atomic E-state index is 12.1. The Kier molecular flexibility index (Phi) is 6.22. The summed E-state index contributed by atoms with van der Waals surface area (Å²) >= 11 is 1.67. The van der Waals surface area contributed by atoms with Crippen LogP contribution in [-0.4, -0.2) is 36.0 Å². The molecule has 1 aliphatic rings. The van der Waals surface area contributed by atoms with Crippen molar-refractivity contribution in [3.05, 3.63) is 48.4 Å². The van der Waals surface area contributed by atoms with Gasteiger partial charge in [-0.25, -0.2) is 4.79 Å². The van der Waals surface area contributed by atoms with Crippen LogP contribution in [0, 0.1) is 0 Å². The Labute approximate surface area is 157 Å². The summed E-state index contributed by atoms with van der Waals surface area (Å²) in [5.41, 5.74) is 0.722. The van der Waals surface area contributed by atoms with Crippen molar-refractivity contribution in [2.45, 2.75) is 36.5 Å². The zero-order chi connectivity index (χ0) is 18.4. The Balaban J connectivity index is 1.45. The Hall–Kier alpha value is -2.41. The highest BCUT2D eigenvalue weighted by Crippen LogP contribution is 2.24. The third-order valence-electron chi connectivity index (χ3n) is 4.12. The Bertz CT molecular complexity index is 731. The highest BCUT2D eigenvalue weighted by molar-refractivity contribution is 7.98. The van der Waals surface area contributed by atoms with Crippen molar-refractivity contribution in [1.29, 1.82) is 0 Å². The number of carbonyl (C=O) groups excluding carboxylic acids is 2. The molecule has 2 N–H and O–H groups in total. The number of benzene rings is 1. The molecule has 0 bridgehead atoms. The molecule has 0 unspecified atom stereocenters. The first kappa shape index (κ1) is 18.4. The fourth-order valence-corrected chi connectivity index (χ4v) is 3.69. The molecule has 26 heavy (non-hydrogen) atoms. The quantitative estimate of drug-likeness (QED) is 0.726. The van der Waals surface area contributed by atoms with Crippen LogP contribution in [0.15, 0.2) is 52.0 Å². The first-order valence-corrected chi connectivity index (χ1v) is 9.73. The second-order valence-electron chi connectivity index (χ2n) is 6.23. The van der Waals surface area contributed by atoms with Crippen LogP contribution in [-0.2, 0) is 10.5 Å². The molecule has 1 aromatic carbocycles. The number of carbonyl (C=O) groups is 2. The summed E-state index contributed by atoms with van der Waals surface area (Å²) in [6.45, 7) is 3.37. The maximum Gasteiger partial charge on any atom is 0.319 e. The van der Waals surface area contributed by atoms with Crippen LogP contribution in [0.1, 0.15) is 25.5 Å². The topological polar surface area (TPSA) is 74.6 Å². The van der Waals surface area contributed by atoms with E-state index in [0.717, 1.165) is 35.1 Å². The van der Waals surface area contributed by atoms with Crippen molar-refractivity contribution >= 4 is 29.4 Å². The summed E-state index contributed by atoms with van der Waals surface area (Å²) in [5, 5.41) is 5.69. The minimum absolute atomic E-state index is 0.107. The van der Waals surface area contributed by atoms with E-state index in [0.29, 0.717) is 13.0 Å². The van der Waals surface area contributed by atoms with E-state index in [4.69, 9.17) is 4.42 Å². The number of urea groups is 1. The molecule has 1 saturated heterocycles. The lowest BCUT2D eigenvalue weighted by Gasteiger charge is -2.16. The minimum atomic E-state index is -0.280. The highest BCUT2D eigenvalue weighted by Gasteiger charge is 2.29. The Morgan fingerprint density at radius 3 is 2.81 bits per heavy atom. The maximum absolute atomic E-state index is 12.1. The van der Waals surface area contributed by atoms with Gasteiger partial charge in [0.25, 0.3) is 0 Å². The normalized spacial score (nSPS) is 16.7. The molecule has 6 nitrogen and oxygen atoms in total. The first-order chi connectivity index (χ1) is 12.6. The fourth-order valence-electron chi connectivity index (χ4n) is 2.89. The third kappa shape index (κ3) is 5.05. The molecule has 7 heteroatoms. The monoisotopic (exact) mass is 373 g/mol. The summed E-state index contributed by atoms with van der Waals surface area (Å²) in [6.07, 6.45) is 2.96. The molecular weight excluding hydrogens is 350 g/mol. The van der Waals surface area contributed by atoms with E-state index < -0.39 is 0 Å². The van der Waals surface area contributed by atoms with Gasteiger partial charge in [0.2, 0.25) is 5.91 Å². The van der Waals surface area contributed by atoms with Gasteiger partial charge in [-0.1, -0.05) is 6.92 Å². The number of likely N-dealkylation sites (tertiary alicyclic amines) is 1. The number of rotatable bonds is 7. The standard InChI is InChI=1S/C19H23N3O3S/c1-2-9-22-12-15(11-18(22)23)21-19(24)20-14-5-7-17(8-6-14)26-13-16-4-3-10-25-16/h3-8,10,15H,2,9,11-13H2,1H3,(H2,20,21,24)/t15-/m1/s1. The van der Waals surface area contributed by atoms with Gasteiger partial charge in [-0.05, 0) is 42.8 Å². The largest absolute Gasteiger partial charge is 0.468 e. The Morgan fingerprint density at radius 1 is 1.31 bits per heavy atom. The zero-order valence-corrected chi connectivity index (χ0v) is 15.6. The lowest BCUT2D eigenvalue weighted by Crippen LogP contribution is -2.39. The SMILES string of the molecule is CCCN1C[C@H](NC(=O)Nc2ccc(SCc3ccco3)cc2)CC1=O. The number of thioether (sulfide) groups is 1. The van der Waals surface area contributed by atoms with E-state index in [9.17, 15) is 9.59 Å². The van der Waals surface area contributed by atoms with Crippen LogP contribution in [0.2, 0.25) is 0 Å². The van der Waals surface area contributed by atoms with Crippen molar-refractivity contribution in [3.63, 3.8) is 0 Å². The second-order valence-corrected chi connectivity index (χ2v) is 7.28. The van der Waals surface area contributed by atoms with E-state index in [1.165, 1.54) is 0 Å². The number of amides is 3.